The smallest absolute Gasteiger partial charge is 0.224 e. The molecule has 0 saturated carbocycles. The minimum absolute atomic E-state index is 0.645. The van der Waals surface area contributed by atoms with E-state index < -0.39 is 0 Å². The van der Waals surface area contributed by atoms with E-state index in [4.69, 9.17) is 0 Å². The monoisotopic (exact) mass is 260 g/mol. The fraction of sp³-hybridized carbons (Fsp3) is 0.462. The van der Waals surface area contributed by atoms with E-state index in [1.165, 1.54) is 11.3 Å². The van der Waals surface area contributed by atoms with Crippen LogP contribution < -0.4 is 10.6 Å². The molecule has 19 heavy (non-hydrogen) atoms. The summed E-state index contributed by atoms with van der Waals surface area (Å²) in [4.78, 5) is 8.53. The molecule has 0 atom stereocenters. The van der Waals surface area contributed by atoms with Crippen molar-refractivity contribution in [3.05, 3.63) is 29.2 Å². The molecule has 0 aromatic carbocycles. The van der Waals surface area contributed by atoms with E-state index in [-0.39, 0.29) is 0 Å². The van der Waals surface area contributed by atoms with E-state index >= 15 is 0 Å². The molecule has 6 nitrogen and oxygen atoms in total. The second kappa shape index (κ2) is 5.69. The van der Waals surface area contributed by atoms with Crippen LogP contribution in [0.3, 0.4) is 0 Å². The molecule has 0 bridgehead atoms. The number of nitrogens with one attached hydrogen (secondary N) is 2. The summed E-state index contributed by atoms with van der Waals surface area (Å²) in [6.45, 7) is 7.64. The van der Waals surface area contributed by atoms with Crippen molar-refractivity contribution in [2.45, 2.75) is 27.3 Å². The fourth-order valence-electron chi connectivity index (χ4n) is 1.95. The summed E-state index contributed by atoms with van der Waals surface area (Å²) in [6.07, 6.45) is 1.75. The van der Waals surface area contributed by atoms with E-state index in [2.05, 4.69) is 32.6 Å². The minimum atomic E-state index is 0.645. The van der Waals surface area contributed by atoms with Crippen LogP contribution >= 0.6 is 0 Å². The lowest BCUT2D eigenvalue weighted by Crippen LogP contribution is -2.07. The molecule has 2 aromatic heterocycles. The SMILES string of the molecule is CCNc1nccc(NCc2c(C)nn(C)c2C)n1. The maximum Gasteiger partial charge on any atom is 0.224 e. The number of aryl methyl sites for hydroxylation is 2. The highest BCUT2D eigenvalue weighted by molar-refractivity contribution is 5.41. The average molecular weight is 260 g/mol. The van der Waals surface area contributed by atoms with Crippen molar-refractivity contribution in [2.24, 2.45) is 7.05 Å². The van der Waals surface area contributed by atoms with Crippen molar-refractivity contribution < 1.29 is 0 Å². The molecule has 0 saturated heterocycles. The van der Waals surface area contributed by atoms with Gasteiger partial charge in [-0.15, -0.1) is 0 Å². The van der Waals surface area contributed by atoms with Gasteiger partial charge < -0.3 is 10.6 Å². The third-order valence-corrected chi connectivity index (χ3v) is 3.10. The Morgan fingerprint density at radius 3 is 2.68 bits per heavy atom. The Balaban J connectivity index is 2.08. The summed E-state index contributed by atoms with van der Waals surface area (Å²) < 4.78 is 1.90. The van der Waals surface area contributed by atoms with E-state index in [0.717, 1.165) is 18.1 Å². The molecular weight excluding hydrogens is 240 g/mol. The van der Waals surface area contributed by atoms with E-state index in [0.29, 0.717) is 12.5 Å². The largest absolute Gasteiger partial charge is 0.366 e. The van der Waals surface area contributed by atoms with Crippen LogP contribution in [0.5, 0.6) is 0 Å². The lowest BCUT2D eigenvalue weighted by atomic mass is 10.2. The third kappa shape index (κ3) is 3.01. The number of aromatic nitrogens is 4. The molecule has 0 aliphatic heterocycles. The molecule has 2 rings (SSSR count). The summed E-state index contributed by atoms with van der Waals surface area (Å²) in [7, 11) is 1.96. The zero-order valence-electron chi connectivity index (χ0n) is 11.9. The summed E-state index contributed by atoms with van der Waals surface area (Å²) in [6, 6.07) is 1.86. The maximum absolute atomic E-state index is 4.40. The quantitative estimate of drug-likeness (QED) is 0.859. The number of anilines is 2. The summed E-state index contributed by atoms with van der Waals surface area (Å²) in [5, 5.41) is 10.8. The molecule has 2 aromatic rings. The van der Waals surface area contributed by atoms with Gasteiger partial charge in [0.05, 0.1) is 5.69 Å². The molecular formula is C13H20N6. The Bertz CT molecular complexity index is 560. The second-order valence-corrected chi connectivity index (χ2v) is 4.42. The Labute approximate surface area is 113 Å². The van der Waals surface area contributed by atoms with Gasteiger partial charge in [-0.25, -0.2) is 4.98 Å². The zero-order valence-corrected chi connectivity index (χ0v) is 11.9. The molecule has 0 unspecified atom stereocenters. The lowest BCUT2D eigenvalue weighted by molar-refractivity contribution is 0.730. The van der Waals surface area contributed by atoms with Crippen LogP contribution in [-0.2, 0) is 13.6 Å². The van der Waals surface area contributed by atoms with Gasteiger partial charge in [0.2, 0.25) is 5.95 Å². The summed E-state index contributed by atoms with van der Waals surface area (Å²) in [5.74, 6) is 1.46. The van der Waals surface area contributed by atoms with Crippen molar-refractivity contribution in [1.29, 1.82) is 0 Å². The molecule has 0 spiro atoms. The molecule has 0 radical (unpaired) electrons. The number of nitrogens with zero attached hydrogens (tertiary/aromatic N) is 4. The molecule has 6 heteroatoms. The standard InChI is InChI=1S/C13H20N6/c1-5-14-13-15-7-6-12(17-13)16-8-11-9(2)18-19(4)10(11)3/h6-7H,5,8H2,1-4H3,(H2,14,15,16,17). The molecule has 0 aliphatic rings. The highest BCUT2D eigenvalue weighted by Crippen LogP contribution is 2.14. The van der Waals surface area contributed by atoms with Crippen molar-refractivity contribution in [1.82, 2.24) is 19.7 Å². The highest BCUT2D eigenvalue weighted by Gasteiger charge is 2.09. The minimum Gasteiger partial charge on any atom is -0.366 e. The second-order valence-electron chi connectivity index (χ2n) is 4.42. The average Bonchev–Trinajstić information content (AvgIpc) is 2.62. The topological polar surface area (TPSA) is 67.7 Å². The highest BCUT2D eigenvalue weighted by atomic mass is 15.3. The van der Waals surface area contributed by atoms with Gasteiger partial charge in [0.15, 0.2) is 0 Å². The van der Waals surface area contributed by atoms with Gasteiger partial charge in [0, 0.05) is 37.6 Å². The van der Waals surface area contributed by atoms with Crippen LogP contribution in [0.1, 0.15) is 23.9 Å². The number of rotatable bonds is 5. The summed E-state index contributed by atoms with van der Waals surface area (Å²) in [5.41, 5.74) is 3.44. The summed E-state index contributed by atoms with van der Waals surface area (Å²) >= 11 is 0. The Hall–Kier alpha value is -2.11. The Kier molecular flexibility index (Phi) is 3.99. The van der Waals surface area contributed by atoms with Crippen molar-refractivity contribution in [3.63, 3.8) is 0 Å². The van der Waals surface area contributed by atoms with Crippen LogP contribution in [0.4, 0.5) is 11.8 Å². The van der Waals surface area contributed by atoms with E-state index in [9.17, 15) is 0 Å². The van der Waals surface area contributed by atoms with Crippen LogP contribution in [0.25, 0.3) is 0 Å². The van der Waals surface area contributed by atoms with Gasteiger partial charge in [-0.2, -0.15) is 10.1 Å². The third-order valence-electron chi connectivity index (χ3n) is 3.10. The van der Waals surface area contributed by atoms with Crippen LogP contribution in [-0.4, -0.2) is 26.3 Å². The van der Waals surface area contributed by atoms with Crippen molar-refractivity contribution in [2.75, 3.05) is 17.2 Å². The normalized spacial score (nSPS) is 10.5. The predicted octanol–water partition coefficient (Wildman–Crippen LogP) is 1.87. The van der Waals surface area contributed by atoms with E-state index in [1.807, 2.05) is 31.6 Å². The van der Waals surface area contributed by atoms with Gasteiger partial charge in [0.1, 0.15) is 5.82 Å². The Morgan fingerprint density at radius 2 is 2.05 bits per heavy atom. The van der Waals surface area contributed by atoms with Gasteiger partial charge in [-0.05, 0) is 26.8 Å². The Morgan fingerprint density at radius 1 is 1.26 bits per heavy atom. The van der Waals surface area contributed by atoms with Crippen LogP contribution in [0.15, 0.2) is 12.3 Å². The fourth-order valence-corrected chi connectivity index (χ4v) is 1.95. The van der Waals surface area contributed by atoms with E-state index in [1.54, 1.807) is 6.20 Å². The van der Waals surface area contributed by atoms with Gasteiger partial charge in [0.25, 0.3) is 0 Å². The first-order valence-corrected chi connectivity index (χ1v) is 6.41. The lowest BCUT2D eigenvalue weighted by Gasteiger charge is -2.07. The van der Waals surface area contributed by atoms with Crippen molar-refractivity contribution >= 4 is 11.8 Å². The van der Waals surface area contributed by atoms with Gasteiger partial charge in [-0.1, -0.05) is 0 Å². The van der Waals surface area contributed by atoms with Crippen molar-refractivity contribution in [3.8, 4) is 0 Å². The molecule has 2 heterocycles. The molecule has 2 N–H and O–H groups in total. The first kappa shape index (κ1) is 13.3. The molecule has 102 valence electrons. The molecule has 0 fully saturated rings. The number of hydrogen-bond acceptors (Lipinski definition) is 5. The van der Waals surface area contributed by atoms with Gasteiger partial charge in [-0.3, -0.25) is 4.68 Å². The maximum atomic E-state index is 4.40. The first-order valence-electron chi connectivity index (χ1n) is 6.41. The van der Waals surface area contributed by atoms with Crippen LogP contribution in [0.2, 0.25) is 0 Å². The number of hydrogen-bond donors (Lipinski definition) is 2. The first-order chi connectivity index (χ1) is 9.11. The zero-order chi connectivity index (χ0) is 13.8. The van der Waals surface area contributed by atoms with Gasteiger partial charge >= 0.3 is 0 Å². The van der Waals surface area contributed by atoms with Crippen LogP contribution in [0, 0.1) is 13.8 Å². The molecule has 0 amide bonds. The predicted molar refractivity (Wildman–Crippen MR) is 76.2 cm³/mol. The molecule has 0 aliphatic carbocycles.